The van der Waals surface area contributed by atoms with E-state index in [0.717, 1.165) is 26.1 Å². The summed E-state index contributed by atoms with van der Waals surface area (Å²) in [6.07, 6.45) is 1.07. The van der Waals surface area contributed by atoms with E-state index in [0.29, 0.717) is 0 Å². The molecule has 4 heteroatoms. The van der Waals surface area contributed by atoms with Crippen LogP contribution in [0.2, 0.25) is 0 Å². The Hall–Kier alpha value is 0.1000. The van der Waals surface area contributed by atoms with Crippen LogP contribution in [0.4, 0.5) is 0 Å². The Morgan fingerprint density at radius 1 is 1.54 bits per heavy atom. The first kappa shape index (κ1) is 11.2. The number of rotatable bonds is 6. The summed E-state index contributed by atoms with van der Waals surface area (Å²) in [5, 5.41) is 3.36. The number of hydrogen-bond donors (Lipinski definition) is 1. The van der Waals surface area contributed by atoms with Gasteiger partial charge in [0.15, 0.2) is 0 Å². The van der Waals surface area contributed by atoms with E-state index in [1.807, 2.05) is 0 Å². The zero-order valence-electron chi connectivity index (χ0n) is 7.68. The number of hydrogen-bond acceptors (Lipinski definition) is 3. The van der Waals surface area contributed by atoms with E-state index in [2.05, 4.69) is 33.4 Å². The van der Waals surface area contributed by atoms with Crippen molar-refractivity contribution in [3.8, 4) is 0 Å². The fourth-order valence-electron chi connectivity index (χ4n) is 1.000. The molecule has 0 bridgehead atoms. The fourth-order valence-corrected chi connectivity index (χ4v) is 2.45. The SMILES string of the molecule is COCCCNCc1ccc(Br)s1. The summed E-state index contributed by atoms with van der Waals surface area (Å²) >= 11 is 5.21. The first-order valence-electron chi connectivity index (χ1n) is 4.27. The van der Waals surface area contributed by atoms with Gasteiger partial charge in [-0.3, -0.25) is 0 Å². The summed E-state index contributed by atoms with van der Waals surface area (Å²) < 4.78 is 6.15. The van der Waals surface area contributed by atoms with Gasteiger partial charge in [0.1, 0.15) is 0 Å². The number of thiophene rings is 1. The Morgan fingerprint density at radius 2 is 2.38 bits per heavy atom. The predicted molar refractivity (Wildman–Crippen MR) is 60.2 cm³/mol. The second-order valence-electron chi connectivity index (χ2n) is 2.73. The maximum Gasteiger partial charge on any atom is 0.0701 e. The zero-order chi connectivity index (χ0) is 9.52. The van der Waals surface area contributed by atoms with Crippen molar-refractivity contribution < 1.29 is 4.74 Å². The molecule has 0 saturated carbocycles. The predicted octanol–water partition coefficient (Wildman–Crippen LogP) is 2.64. The summed E-state index contributed by atoms with van der Waals surface area (Å²) in [6, 6.07) is 4.22. The van der Waals surface area contributed by atoms with Gasteiger partial charge in [-0.25, -0.2) is 0 Å². The third kappa shape index (κ3) is 4.76. The summed E-state index contributed by atoms with van der Waals surface area (Å²) in [4.78, 5) is 1.37. The lowest BCUT2D eigenvalue weighted by Gasteiger charge is -2.01. The van der Waals surface area contributed by atoms with Crippen LogP contribution in [0.15, 0.2) is 15.9 Å². The van der Waals surface area contributed by atoms with Gasteiger partial charge in [0.05, 0.1) is 3.79 Å². The second kappa shape index (κ2) is 6.54. The van der Waals surface area contributed by atoms with Gasteiger partial charge in [-0.15, -0.1) is 11.3 Å². The van der Waals surface area contributed by atoms with Crippen molar-refractivity contribution in [2.75, 3.05) is 20.3 Å². The highest BCUT2D eigenvalue weighted by molar-refractivity contribution is 9.11. The second-order valence-corrected chi connectivity index (χ2v) is 5.28. The molecular weight excluding hydrogens is 250 g/mol. The molecule has 0 fully saturated rings. The molecule has 1 N–H and O–H groups in total. The lowest BCUT2D eigenvalue weighted by Crippen LogP contribution is -2.15. The quantitative estimate of drug-likeness (QED) is 0.797. The molecule has 0 radical (unpaired) electrons. The summed E-state index contributed by atoms with van der Waals surface area (Å²) in [5.41, 5.74) is 0. The maximum absolute atomic E-state index is 4.95. The minimum atomic E-state index is 0.834. The Bertz CT molecular complexity index is 239. The highest BCUT2D eigenvalue weighted by atomic mass is 79.9. The van der Waals surface area contributed by atoms with Crippen LogP contribution in [0.1, 0.15) is 11.3 Å². The fraction of sp³-hybridized carbons (Fsp3) is 0.556. The molecule has 13 heavy (non-hydrogen) atoms. The number of halogens is 1. The third-order valence-electron chi connectivity index (χ3n) is 1.63. The molecule has 1 aromatic heterocycles. The molecule has 0 aliphatic rings. The van der Waals surface area contributed by atoms with E-state index in [1.165, 1.54) is 8.66 Å². The maximum atomic E-state index is 4.95. The van der Waals surface area contributed by atoms with Crippen LogP contribution in [0.25, 0.3) is 0 Å². The van der Waals surface area contributed by atoms with Crippen molar-refractivity contribution in [2.24, 2.45) is 0 Å². The van der Waals surface area contributed by atoms with Crippen molar-refractivity contribution in [1.82, 2.24) is 5.32 Å². The van der Waals surface area contributed by atoms with Crippen molar-refractivity contribution in [2.45, 2.75) is 13.0 Å². The summed E-state index contributed by atoms with van der Waals surface area (Å²) in [6.45, 7) is 2.81. The van der Waals surface area contributed by atoms with Gasteiger partial charge in [0.2, 0.25) is 0 Å². The Balaban J connectivity index is 2.06. The van der Waals surface area contributed by atoms with E-state index in [4.69, 9.17) is 4.74 Å². The van der Waals surface area contributed by atoms with Gasteiger partial charge in [-0.2, -0.15) is 0 Å². The molecule has 2 nitrogen and oxygen atoms in total. The average Bonchev–Trinajstić information content (AvgIpc) is 2.51. The van der Waals surface area contributed by atoms with Crippen LogP contribution >= 0.6 is 27.3 Å². The van der Waals surface area contributed by atoms with Gasteiger partial charge < -0.3 is 10.1 Å². The Morgan fingerprint density at radius 3 is 3.00 bits per heavy atom. The van der Waals surface area contributed by atoms with Crippen LogP contribution in [0.5, 0.6) is 0 Å². The topological polar surface area (TPSA) is 21.3 Å². The molecule has 74 valence electrons. The monoisotopic (exact) mass is 263 g/mol. The van der Waals surface area contributed by atoms with Crippen molar-refractivity contribution in [3.63, 3.8) is 0 Å². The Labute approximate surface area is 91.4 Å². The van der Waals surface area contributed by atoms with Gasteiger partial charge >= 0.3 is 0 Å². The van der Waals surface area contributed by atoms with Crippen molar-refractivity contribution >= 4 is 27.3 Å². The summed E-state index contributed by atoms with van der Waals surface area (Å²) in [7, 11) is 1.73. The van der Waals surface area contributed by atoms with Crippen LogP contribution in [-0.2, 0) is 11.3 Å². The van der Waals surface area contributed by atoms with E-state index < -0.39 is 0 Å². The lowest BCUT2D eigenvalue weighted by molar-refractivity contribution is 0.194. The molecule has 0 atom stereocenters. The van der Waals surface area contributed by atoms with E-state index in [1.54, 1.807) is 18.4 Å². The highest BCUT2D eigenvalue weighted by Gasteiger charge is 1.95. The van der Waals surface area contributed by atoms with Gasteiger partial charge in [-0.05, 0) is 41.0 Å². The molecule has 1 aromatic rings. The molecular formula is C9H14BrNOS. The highest BCUT2D eigenvalue weighted by Crippen LogP contribution is 2.21. The van der Waals surface area contributed by atoms with Crippen LogP contribution in [0.3, 0.4) is 0 Å². The van der Waals surface area contributed by atoms with E-state index >= 15 is 0 Å². The van der Waals surface area contributed by atoms with E-state index in [9.17, 15) is 0 Å². The molecule has 1 rings (SSSR count). The molecule has 0 saturated heterocycles. The average molecular weight is 264 g/mol. The first-order chi connectivity index (χ1) is 6.33. The Kier molecular flexibility index (Phi) is 5.62. The van der Waals surface area contributed by atoms with Crippen LogP contribution in [-0.4, -0.2) is 20.3 Å². The number of nitrogens with one attached hydrogen (secondary N) is 1. The molecule has 0 aliphatic heterocycles. The minimum Gasteiger partial charge on any atom is -0.385 e. The number of ether oxygens (including phenoxy) is 1. The summed E-state index contributed by atoms with van der Waals surface area (Å²) in [5.74, 6) is 0. The largest absolute Gasteiger partial charge is 0.385 e. The zero-order valence-corrected chi connectivity index (χ0v) is 10.1. The first-order valence-corrected chi connectivity index (χ1v) is 5.87. The van der Waals surface area contributed by atoms with Gasteiger partial charge in [0, 0.05) is 25.1 Å². The van der Waals surface area contributed by atoms with Crippen LogP contribution in [0, 0.1) is 0 Å². The standard InChI is InChI=1S/C9H14BrNOS/c1-12-6-2-5-11-7-8-3-4-9(10)13-8/h3-4,11H,2,5-7H2,1H3. The normalized spacial score (nSPS) is 10.6. The molecule has 0 amide bonds. The molecule has 0 spiro atoms. The van der Waals surface area contributed by atoms with Gasteiger partial charge in [-0.1, -0.05) is 0 Å². The van der Waals surface area contributed by atoms with Gasteiger partial charge in [0.25, 0.3) is 0 Å². The number of methoxy groups -OCH3 is 1. The molecule has 0 aliphatic carbocycles. The third-order valence-corrected chi connectivity index (χ3v) is 3.25. The van der Waals surface area contributed by atoms with Crippen molar-refractivity contribution in [3.05, 3.63) is 20.8 Å². The van der Waals surface area contributed by atoms with Crippen molar-refractivity contribution in [1.29, 1.82) is 0 Å². The molecule has 1 heterocycles. The minimum absolute atomic E-state index is 0.834. The molecule has 0 aromatic carbocycles. The lowest BCUT2D eigenvalue weighted by atomic mass is 10.4. The van der Waals surface area contributed by atoms with Crippen LogP contribution < -0.4 is 5.32 Å². The van der Waals surface area contributed by atoms with E-state index in [-0.39, 0.29) is 0 Å². The smallest absolute Gasteiger partial charge is 0.0701 e. The molecule has 0 unspecified atom stereocenters.